The maximum absolute atomic E-state index is 13.9. The number of esters is 1. The van der Waals surface area contributed by atoms with Gasteiger partial charge in [0.15, 0.2) is 0 Å². The minimum atomic E-state index is -4.67. The van der Waals surface area contributed by atoms with E-state index in [9.17, 15) is 18.0 Å². The van der Waals surface area contributed by atoms with E-state index in [1.807, 2.05) is 24.3 Å². The Kier molecular flexibility index (Phi) is 11.1. The zero-order valence-corrected chi connectivity index (χ0v) is 26.9. The first kappa shape index (κ1) is 35.2. The number of halogens is 3. The third kappa shape index (κ3) is 8.91. The monoisotopic (exact) mass is 620 g/mol. The normalized spacial score (nSPS) is 14.7. The zero-order valence-electron chi connectivity index (χ0n) is 26.9. The molecule has 3 rings (SSSR count). The van der Waals surface area contributed by atoms with Gasteiger partial charge in [-0.15, -0.1) is 0 Å². The molecule has 0 fully saturated rings. The molecular formula is C34H47F3N2O5. The Morgan fingerprint density at radius 3 is 2.27 bits per heavy atom. The minimum absolute atomic E-state index is 0.192. The Labute approximate surface area is 258 Å². The molecule has 10 heteroatoms. The van der Waals surface area contributed by atoms with Crippen LogP contribution >= 0.6 is 0 Å². The summed E-state index contributed by atoms with van der Waals surface area (Å²) in [5.74, 6) is -1.45. The quantitative estimate of drug-likeness (QED) is 0.132. The third-order valence-electron chi connectivity index (χ3n) is 8.18. The van der Waals surface area contributed by atoms with Gasteiger partial charge >= 0.3 is 12.1 Å². The maximum atomic E-state index is 13.9. The Balaban J connectivity index is 1.71. The Morgan fingerprint density at radius 2 is 1.66 bits per heavy atom. The Bertz CT molecular complexity index is 1410. The molecule has 0 aliphatic rings. The number of hydrogen-bond donors (Lipinski definition) is 2. The number of methoxy groups -OCH3 is 1. The summed E-state index contributed by atoms with van der Waals surface area (Å²) < 4.78 is 64.1. The van der Waals surface area contributed by atoms with Crippen LogP contribution in [-0.2, 0) is 16.0 Å². The van der Waals surface area contributed by atoms with Crippen LogP contribution in [-0.4, -0.2) is 43.5 Å². The van der Waals surface area contributed by atoms with Gasteiger partial charge in [-0.3, -0.25) is 4.79 Å². The minimum Gasteiger partial charge on any atom is -0.496 e. The van der Waals surface area contributed by atoms with Gasteiger partial charge in [0.2, 0.25) is 0 Å². The number of alkyl halides is 3. The van der Waals surface area contributed by atoms with Crippen LogP contribution in [0, 0.1) is 11.3 Å². The molecule has 0 saturated carbocycles. The fourth-order valence-corrected chi connectivity index (χ4v) is 5.10. The highest BCUT2D eigenvalue weighted by Gasteiger charge is 2.48. The van der Waals surface area contributed by atoms with E-state index in [1.54, 1.807) is 59.9 Å². The highest BCUT2D eigenvalue weighted by Crippen LogP contribution is 2.38. The van der Waals surface area contributed by atoms with Crippen LogP contribution in [0.4, 0.5) is 13.2 Å². The fourth-order valence-electron chi connectivity index (χ4n) is 5.10. The molecule has 0 spiro atoms. The lowest BCUT2D eigenvalue weighted by atomic mass is 9.68. The Morgan fingerprint density at radius 1 is 0.955 bits per heavy atom. The lowest BCUT2D eigenvalue weighted by Gasteiger charge is -2.42. The summed E-state index contributed by atoms with van der Waals surface area (Å²) in [6, 6.07) is 12.7. The number of benzene rings is 2. The van der Waals surface area contributed by atoms with E-state index in [0.717, 1.165) is 36.6 Å². The second-order valence-electron chi connectivity index (χ2n) is 13.2. The number of unbranched alkanes of at least 4 members (excludes halogenated alkanes) is 2. The molecule has 44 heavy (non-hydrogen) atoms. The second kappa shape index (κ2) is 13.8. The maximum Gasteiger partial charge on any atom is 0.398 e. The molecule has 7 nitrogen and oxygen atoms in total. The van der Waals surface area contributed by atoms with Gasteiger partial charge in [0, 0.05) is 22.5 Å². The van der Waals surface area contributed by atoms with E-state index in [-0.39, 0.29) is 12.2 Å². The zero-order chi connectivity index (χ0) is 32.9. The van der Waals surface area contributed by atoms with Crippen LogP contribution < -0.4 is 20.9 Å². The number of carbonyl (C=O) groups is 1. The average Bonchev–Trinajstić information content (AvgIpc) is 3.34. The van der Waals surface area contributed by atoms with E-state index in [1.165, 1.54) is 5.56 Å². The average molecular weight is 621 g/mol. The second-order valence-corrected chi connectivity index (χ2v) is 13.2. The number of aryl methyl sites for hydroxylation is 1. The number of ether oxygens (including phenoxy) is 3. The molecular weight excluding hydrogens is 573 g/mol. The van der Waals surface area contributed by atoms with E-state index < -0.39 is 47.8 Å². The number of hydrogen-bond acceptors (Lipinski definition) is 7. The molecule has 2 unspecified atom stereocenters. The molecule has 1 heterocycles. The van der Waals surface area contributed by atoms with E-state index >= 15 is 0 Å². The van der Waals surface area contributed by atoms with Crippen molar-refractivity contribution in [2.24, 2.45) is 22.8 Å². The van der Waals surface area contributed by atoms with Crippen molar-refractivity contribution in [1.29, 1.82) is 0 Å². The molecule has 4 N–H and O–H groups in total. The van der Waals surface area contributed by atoms with Crippen molar-refractivity contribution in [2.75, 3.05) is 20.3 Å². The lowest BCUT2D eigenvalue weighted by Crippen LogP contribution is -2.59. The highest BCUT2D eigenvalue weighted by molar-refractivity contribution is 5.85. The number of rotatable bonds is 15. The molecule has 0 aliphatic carbocycles. The summed E-state index contributed by atoms with van der Waals surface area (Å²) in [5, 5.41) is 0.760. The van der Waals surface area contributed by atoms with Crippen molar-refractivity contribution in [1.82, 2.24) is 0 Å². The van der Waals surface area contributed by atoms with Gasteiger partial charge in [0.05, 0.1) is 18.1 Å². The van der Waals surface area contributed by atoms with Crippen LogP contribution in [0.2, 0.25) is 0 Å². The molecule has 0 aliphatic heterocycles. The van der Waals surface area contributed by atoms with Crippen molar-refractivity contribution < 1.29 is 36.6 Å². The van der Waals surface area contributed by atoms with Crippen molar-refractivity contribution in [2.45, 2.75) is 90.9 Å². The fraction of sp³-hybridized carbons (Fsp3) is 0.559. The van der Waals surface area contributed by atoms with Crippen molar-refractivity contribution in [3.05, 3.63) is 48.0 Å². The number of furan rings is 1. The molecule has 2 atom stereocenters. The number of carbonyl (C=O) groups excluding carboxylic acids is 1. The van der Waals surface area contributed by atoms with Gasteiger partial charge in [0.25, 0.3) is 0 Å². The topological polar surface area (TPSA) is 110 Å². The van der Waals surface area contributed by atoms with Crippen LogP contribution in [0.25, 0.3) is 22.3 Å². The van der Waals surface area contributed by atoms with E-state index in [4.69, 9.17) is 30.1 Å². The van der Waals surface area contributed by atoms with Crippen LogP contribution in [0.1, 0.15) is 72.8 Å². The summed E-state index contributed by atoms with van der Waals surface area (Å²) in [7, 11) is 1.61. The largest absolute Gasteiger partial charge is 0.496 e. The summed E-state index contributed by atoms with van der Waals surface area (Å²) in [5.41, 5.74) is 11.8. The van der Waals surface area contributed by atoms with Crippen molar-refractivity contribution in [3.8, 4) is 22.8 Å². The summed E-state index contributed by atoms with van der Waals surface area (Å²) >= 11 is 0. The first-order valence-electron chi connectivity index (χ1n) is 15.0. The van der Waals surface area contributed by atoms with Gasteiger partial charge in [-0.1, -0.05) is 25.8 Å². The smallest absolute Gasteiger partial charge is 0.398 e. The summed E-state index contributed by atoms with van der Waals surface area (Å²) in [6.07, 6.45) is -0.0560. The molecule has 2 aromatic carbocycles. The molecule has 0 amide bonds. The van der Waals surface area contributed by atoms with Crippen molar-refractivity contribution in [3.63, 3.8) is 0 Å². The van der Waals surface area contributed by atoms with Crippen LogP contribution in [0.15, 0.2) is 46.9 Å². The molecule has 0 saturated heterocycles. The summed E-state index contributed by atoms with van der Waals surface area (Å²) in [4.78, 5) is 12.9. The van der Waals surface area contributed by atoms with E-state index in [0.29, 0.717) is 17.1 Å². The number of fused-ring (bicyclic) bond motifs is 1. The lowest BCUT2D eigenvalue weighted by molar-refractivity contribution is -0.200. The number of nitrogens with two attached hydrogens (primary N) is 2. The van der Waals surface area contributed by atoms with Gasteiger partial charge in [0.1, 0.15) is 42.0 Å². The van der Waals surface area contributed by atoms with E-state index in [2.05, 4.69) is 6.92 Å². The van der Waals surface area contributed by atoms with Gasteiger partial charge in [-0.05, 0) is 89.8 Å². The standard InChI is InChI=1S/C34H47F3N2O5/c1-8-9-10-11-22-12-15-26(28(16-22)41-7)29-17-23-13-14-25(18-27(23)44-29)42-19-24(34(35,36)37)20-43-30(40)32(4,5)33(6,39)21-31(2,3)38/h12-18,24H,8-11,19-21,38-39H2,1-7H3. The molecule has 0 radical (unpaired) electrons. The third-order valence-corrected chi connectivity index (χ3v) is 8.18. The first-order chi connectivity index (χ1) is 20.4. The first-order valence-corrected chi connectivity index (χ1v) is 15.0. The molecule has 1 aromatic heterocycles. The molecule has 0 bridgehead atoms. The Hall–Kier alpha value is -3.24. The van der Waals surface area contributed by atoms with Crippen LogP contribution in [0.5, 0.6) is 11.5 Å². The van der Waals surface area contributed by atoms with Gasteiger partial charge in [-0.25, -0.2) is 0 Å². The highest BCUT2D eigenvalue weighted by atomic mass is 19.4. The SMILES string of the molecule is CCCCCc1ccc(-c2cc3ccc(OCC(COC(=O)C(C)(C)C(C)(N)CC(C)(C)N)C(F)(F)F)cc3o2)c(OC)c1. The predicted octanol–water partition coefficient (Wildman–Crippen LogP) is 7.81. The van der Waals surface area contributed by atoms with Gasteiger partial charge < -0.3 is 30.1 Å². The molecule has 244 valence electrons. The summed E-state index contributed by atoms with van der Waals surface area (Å²) in [6.45, 7) is 8.77. The predicted molar refractivity (Wildman–Crippen MR) is 167 cm³/mol. The van der Waals surface area contributed by atoms with Gasteiger partial charge in [-0.2, -0.15) is 13.2 Å². The van der Waals surface area contributed by atoms with Crippen molar-refractivity contribution >= 4 is 16.9 Å². The molecule has 3 aromatic rings. The van der Waals surface area contributed by atoms with Crippen LogP contribution in [0.3, 0.4) is 0 Å².